The standard InChI is InChI=1S/C29H31F2N7OS/c30-21-8-7-19(24-25(21)40-27(32)34-24)18-5-6-20-23(22(18)31)35-28(39-15-29-9-1-11-38(29)12-2-10-29)36-26(20)37-13-16-3-4-17(14-37)33-16/h5-8,16-17,33H,1-4,9-15H2,(H2,32,34). The Morgan fingerprint density at radius 1 is 0.975 bits per heavy atom. The molecule has 11 heteroatoms. The Balaban J connectivity index is 1.25. The van der Waals surface area contributed by atoms with Crippen LogP contribution in [0.2, 0.25) is 0 Å². The summed E-state index contributed by atoms with van der Waals surface area (Å²) in [6, 6.07) is 7.48. The van der Waals surface area contributed by atoms with E-state index in [0.29, 0.717) is 51.2 Å². The van der Waals surface area contributed by atoms with Gasteiger partial charge in [0.05, 0.1) is 15.8 Å². The number of benzene rings is 2. The highest BCUT2D eigenvalue weighted by Gasteiger charge is 2.45. The summed E-state index contributed by atoms with van der Waals surface area (Å²) in [5, 5.41) is 4.55. The molecule has 2 atom stereocenters. The highest BCUT2D eigenvalue weighted by atomic mass is 32.1. The van der Waals surface area contributed by atoms with Crippen LogP contribution in [-0.4, -0.2) is 70.3 Å². The van der Waals surface area contributed by atoms with Crippen LogP contribution >= 0.6 is 11.3 Å². The topological polar surface area (TPSA) is 92.4 Å². The van der Waals surface area contributed by atoms with Crippen molar-refractivity contribution in [1.29, 1.82) is 0 Å². The van der Waals surface area contributed by atoms with Crippen LogP contribution in [0.5, 0.6) is 6.01 Å². The van der Waals surface area contributed by atoms with Gasteiger partial charge in [-0.3, -0.25) is 4.90 Å². The second-order valence-electron chi connectivity index (χ2n) is 11.7. The van der Waals surface area contributed by atoms with Crippen LogP contribution in [0.1, 0.15) is 38.5 Å². The normalized spacial score (nSPS) is 23.9. The number of piperazine rings is 1. The Morgan fingerprint density at radius 3 is 2.50 bits per heavy atom. The molecule has 4 aromatic rings. The number of rotatable bonds is 5. The summed E-state index contributed by atoms with van der Waals surface area (Å²) >= 11 is 1.06. The largest absolute Gasteiger partial charge is 0.461 e. The quantitative estimate of drug-likeness (QED) is 0.361. The number of thiazole rings is 1. The molecule has 0 spiro atoms. The van der Waals surface area contributed by atoms with E-state index in [9.17, 15) is 4.39 Å². The van der Waals surface area contributed by atoms with Gasteiger partial charge in [0.2, 0.25) is 0 Å². The molecule has 2 aromatic heterocycles. The molecule has 4 fully saturated rings. The van der Waals surface area contributed by atoms with E-state index < -0.39 is 11.6 Å². The molecule has 4 saturated heterocycles. The molecule has 2 bridgehead atoms. The van der Waals surface area contributed by atoms with Crippen LogP contribution in [0, 0.1) is 11.6 Å². The van der Waals surface area contributed by atoms with Gasteiger partial charge in [-0.05, 0) is 69.8 Å². The average Bonchev–Trinajstić information content (AvgIpc) is 3.71. The molecular weight excluding hydrogens is 532 g/mol. The molecule has 208 valence electrons. The van der Waals surface area contributed by atoms with Gasteiger partial charge in [-0.15, -0.1) is 0 Å². The summed E-state index contributed by atoms with van der Waals surface area (Å²) in [5.74, 6) is -0.210. The van der Waals surface area contributed by atoms with Gasteiger partial charge >= 0.3 is 6.01 Å². The van der Waals surface area contributed by atoms with Crippen molar-refractivity contribution in [2.24, 2.45) is 0 Å². The minimum Gasteiger partial charge on any atom is -0.461 e. The first-order chi connectivity index (χ1) is 19.5. The molecular formula is C29H31F2N7OS. The number of halogens is 2. The number of nitrogens with two attached hydrogens (primary N) is 1. The molecule has 40 heavy (non-hydrogen) atoms. The van der Waals surface area contributed by atoms with Crippen LogP contribution in [-0.2, 0) is 0 Å². The van der Waals surface area contributed by atoms with Crippen LogP contribution in [0.4, 0.5) is 19.7 Å². The van der Waals surface area contributed by atoms with E-state index in [4.69, 9.17) is 15.5 Å². The van der Waals surface area contributed by atoms with Crippen LogP contribution in [0.15, 0.2) is 24.3 Å². The summed E-state index contributed by atoms with van der Waals surface area (Å²) in [6.07, 6.45) is 6.79. The molecule has 8 rings (SSSR count). The van der Waals surface area contributed by atoms with E-state index in [1.807, 2.05) is 6.07 Å². The summed E-state index contributed by atoms with van der Waals surface area (Å²) in [5.41, 5.74) is 7.27. The number of hydrogen-bond acceptors (Lipinski definition) is 9. The lowest BCUT2D eigenvalue weighted by Crippen LogP contribution is -2.51. The first-order valence-electron chi connectivity index (χ1n) is 14.2. The third-order valence-electron chi connectivity index (χ3n) is 9.37. The molecule has 4 aliphatic heterocycles. The molecule has 8 nitrogen and oxygen atoms in total. The Kier molecular flexibility index (Phi) is 5.66. The van der Waals surface area contributed by atoms with E-state index in [1.165, 1.54) is 18.9 Å². The number of aromatic nitrogens is 3. The van der Waals surface area contributed by atoms with Crippen molar-refractivity contribution in [3.63, 3.8) is 0 Å². The van der Waals surface area contributed by atoms with Gasteiger partial charge in [-0.1, -0.05) is 17.4 Å². The van der Waals surface area contributed by atoms with Gasteiger partial charge in [0.15, 0.2) is 10.9 Å². The molecule has 0 saturated carbocycles. The van der Waals surface area contributed by atoms with Gasteiger partial charge < -0.3 is 20.7 Å². The minimum atomic E-state index is -0.495. The predicted octanol–water partition coefficient (Wildman–Crippen LogP) is 4.71. The van der Waals surface area contributed by atoms with E-state index in [1.54, 1.807) is 12.1 Å². The maximum Gasteiger partial charge on any atom is 0.319 e. The fourth-order valence-corrected chi connectivity index (χ4v) is 8.24. The highest BCUT2D eigenvalue weighted by Crippen LogP contribution is 2.41. The molecule has 6 heterocycles. The summed E-state index contributed by atoms with van der Waals surface area (Å²) in [6.45, 7) is 4.31. The number of nitrogens with one attached hydrogen (secondary N) is 1. The molecule has 3 N–H and O–H groups in total. The van der Waals surface area contributed by atoms with E-state index in [2.05, 4.69) is 25.1 Å². The fraction of sp³-hybridized carbons (Fsp3) is 0.483. The van der Waals surface area contributed by atoms with Crippen molar-refractivity contribution in [3.8, 4) is 17.1 Å². The van der Waals surface area contributed by atoms with Crippen LogP contribution < -0.4 is 20.7 Å². The number of nitrogens with zero attached hydrogens (tertiary/aromatic N) is 5. The van der Waals surface area contributed by atoms with Crippen molar-refractivity contribution in [2.45, 2.75) is 56.1 Å². The second-order valence-corrected chi connectivity index (χ2v) is 12.8. The zero-order valence-electron chi connectivity index (χ0n) is 22.1. The third-order valence-corrected chi connectivity index (χ3v) is 10.3. The van der Waals surface area contributed by atoms with E-state index in [-0.39, 0.29) is 22.2 Å². The van der Waals surface area contributed by atoms with Gasteiger partial charge in [0.1, 0.15) is 23.8 Å². The summed E-state index contributed by atoms with van der Waals surface area (Å²) < 4.78 is 37.7. The average molecular weight is 564 g/mol. The Morgan fingerprint density at radius 2 is 1.73 bits per heavy atom. The fourth-order valence-electron chi connectivity index (χ4n) is 7.48. The molecule has 2 unspecified atom stereocenters. The molecule has 0 amide bonds. The smallest absolute Gasteiger partial charge is 0.319 e. The first-order valence-corrected chi connectivity index (χ1v) is 15.0. The van der Waals surface area contributed by atoms with E-state index >= 15 is 4.39 Å². The van der Waals surface area contributed by atoms with Crippen molar-refractivity contribution in [1.82, 2.24) is 25.2 Å². The maximum absolute atomic E-state index is 16.5. The SMILES string of the molecule is Nc1nc2c(-c3ccc4c(N5CC6CCC(C5)N6)nc(OCC56CCCN5CCC6)nc4c3F)ccc(F)c2s1. The Bertz CT molecular complexity index is 1620. The lowest BCUT2D eigenvalue weighted by molar-refractivity contribution is 0.108. The van der Waals surface area contributed by atoms with Crippen molar-refractivity contribution < 1.29 is 13.5 Å². The molecule has 0 aliphatic carbocycles. The van der Waals surface area contributed by atoms with Gasteiger partial charge in [-0.2, -0.15) is 9.97 Å². The first kappa shape index (κ1) is 24.6. The zero-order chi connectivity index (χ0) is 27.0. The molecule has 2 aromatic carbocycles. The maximum atomic E-state index is 16.5. The lowest BCUT2D eigenvalue weighted by Gasteiger charge is -2.34. The summed E-state index contributed by atoms with van der Waals surface area (Å²) in [7, 11) is 0. The second kappa shape index (κ2) is 9.19. The predicted molar refractivity (Wildman–Crippen MR) is 153 cm³/mol. The number of nitrogen functional groups attached to an aromatic ring is 1. The Labute approximate surface area is 234 Å². The van der Waals surface area contributed by atoms with Crippen LogP contribution in [0.3, 0.4) is 0 Å². The number of hydrogen-bond donors (Lipinski definition) is 2. The molecule has 4 aliphatic rings. The molecule has 0 radical (unpaired) electrons. The van der Waals surface area contributed by atoms with E-state index in [0.717, 1.165) is 63.2 Å². The van der Waals surface area contributed by atoms with Gasteiger partial charge in [0.25, 0.3) is 0 Å². The minimum absolute atomic E-state index is 0.0251. The van der Waals surface area contributed by atoms with Crippen molar-refractivity contribution >= 4 is 43.4 Å². The monoisotopic (exact) mass is 563 g/mol. The Hall–Kier alpha value is -3.15. The van der Waals surface area contributed by atoms with Gasteiger partial charge in [0, 0.05) is 41.7 Å². The lowest BCUT2D eigenvalue weighted by atomic mass is 9.95. The van der Waals surface area contributed by atoms with Crippen molar-refractivity contribution in [2.75, 3.05) is 43.4 Å². The van der Waals surface area contributed by atoms with Gasteiger partial charge in [-0.25, -0.2) is 13.8 Å². The van der Waals surface area contributed by atoms with Crippen LogP contribution in [0.25, 0.3) is 32.2 Å². The van der Waals surface area contributed by atoms with Crippen molar-refractivity contribution in [3.05, 3.63) is 35.9 Å². The number of anilines is 2. The summed E-state index contributed by atoms with van der Waals surface area (Å²) in [4.78, 5) is 18.7. The zero-order valence-corrected chi connectivity index (χ0v) is 22.9. The highest BCUT2D eigenvalue weighted by molar-refractivity contribution is 7.22. The number of ether oxygens (including phenoxy) is 1. The third kappa shape index (κ3) is 3.85. The number of fused-ring (bicyclic) bond motifs is 5.